The van der Waals surface area contributed by atoms with Crippen molar-refractivity contribution in [3.05, 3.63) is 53.6 Å². The number of carbonyl (C=O) groups excluding carboxylic acids is 1. The maximum atomic E-state index is 12.2. The van der Waals surface area contributed by atoms with Crippen molar-refractivity contribution in [2.24, 2.45) is 0 Å². The Balaban J connectivity index is 1.31. The summed E-state index contributed by atoms with van der Waals surface area (Å²) in [6.45, 7) is 4.22. The Labute approximate surface area is 172 Å². The normalized spacial score (nSPS) is 13.5. The van der Waals surface area contributed by atoms with E-state index in [1.54, 1.807) is 11.8 Å². The number of tetrazole rings is 1. The SMILES string of the molecule is Cc1ccc(C)c(Sc2ccc(NC(=O)CSc3nnnn3C3CC3)cc2)c1. The Bertz CT molecular complexity index is 983. The maximum absolute atomic E-state index is 12.2. The largest absolute Gasteiger partial charge is 0.325 e. The van der Waals surface area contributed by atoms with Crippen LogP contribution in [-0.2, 0) is 4.79 Å². The Kier molecular flexibility index (Phi) is 5.68. The highest BCUT2D eigenvalue weighted by molar-refractivity contribution is 7.99. The van der Waals surface area contributed by atoms with Gasteiger partial charge in [0.1, 0.15) is 0 Å². The maximum Gasteiger partial charge on any atom is 0.234 e. The topological polar surface area (TPSA) is 72.7 Å². The van der Waals surface area contributed by atoms with Crippen molar-refractivity contribution in [3.63, 3.8) is 0 Å². The summed E-state index contributed by atoms with van der Waals surface area (Å²) in [5.74, 6) is 0.219. The van der Waals surface area contributed by atoms with E-state index in [0.29, 0.717) is 11.2 Å². The number of carbonyl (C=O) groups is 1. The second-order valence-electron chi connectivity index (χ2n) is 6.87. The van der Waals surface area contributed by atoms with Gasteiger partial charge in [0.15, 0.2) is 0 Å². The zero-order chi connectivity index (χ0) is 19.5. The van der Waals surface area contributed by atoms with Crippen LogP contribution in [0.15, 0.2) is 57.4 Å². The molecule has 28 heavy (non-hydrogen) atoms. The molecule has 144 valence electrons. The average molecular weight is 412 g/mol. The van der Waals surface area contributed by atoms with Crippen molar-refractivity contribution < 1.29 is 4.79 Å². The predicted molar refractivity (Wildman–Crippen MR) is 112 cm³/mol. The van der Waals surface area contributed by atoms with Crippen LogP contribution in [0.2, 0.25) is 0 Å². The smallest absolute Gasteiger partial charge is 0.234 e. The van der Waals surface area contributed by atoms with Crippen LogP contribution in [0.4, 0.5) is 5.69 Å². The van der Waals surface area contributed by atoms with E-state index in [9.17, 15) is 4.79 Å². The Morgan fingerprint density at radius 2 is 1.96 bits per heavy atom. The van der Waals surface area contributed by atoms with Gasteiger partial charge in [-0.15, -0.1) is 5.10 Å². The van der Waals surface area contributed by atoms with Crippen molar-refractivity contribution in [1.82, 2.24) is 20.2 Å². The van der Waals surface area contributed by atoms with Crippen molar-refractivity contribution in [2.75, 3.05) is 11.1 Å². The first-order chi connectivity index (χ1) is 13.6. The molecule has 3 aromatic rings. The fourth-order valence-corrected chi connectivity index (χ4v) is 4.45. The average Bonchev–Trinajstić information content (AvgIpc) is 3.42. The number of rotatable bonds is 7. The van der Waals surface area contributed by atoms with E-state index in [4.69, 9.17) is 0 Å². The lowest BCUT2D eigenvalue weighted by molar-refractivity contribution is -0.113. The minimum atomic E-state index is -0.0646. The summed E-state index contributed by atoms with van der Waals surface area (Å²) in [7, 11) is 0. The van der Waals surface area contributed by atoms with E-state index in [-0.39, 0.29) is 11.7 Å². The summed E-state index contributed by atoms with van der Waals surface area (Å²) in [5.41, 5.74) is 3.30. The molecule has 0 saturated heterocycles. The van der Waals surface area contributed by atoms with Gasteiger partial charge in [-0.1, -0.05) is 35.7 Å². The molecule has 1 fully saturated rings. The van der Waals surface area contributed by atoms with Crippen LogP contribution in [0.25, 0.3) is 0 Å². The number of benzene rings is 2. The molecule has 1 saturated carbocycles. The number of thioether (sulfide) groups is 1. The second kappa shape index (κ2) is 8.36. The number of hydrogen-bond acceptors (Lipinski definition) is 6. The molecule has 1 heterocycles. The molecule has 0 aliphatic heterocycles. The lowest BCUT2D eigenvalue weighted by Crippen LogP contribution is -2.14. The summed E-state index contributed by atoms with van der Waals surface area (Å²) in [6.07, 6.45) is 2.22. The molecule has 0 radical (unpaired) electrons. The zero-order valence-corrected chi connectivity index (χ0v) is 17.4. The number of anilines is 1. The summed E-state index contributed by atoms with van der Waals surface area (Å²) < 4.78 is 1.82. The molecule has 1 aliphatic rings. The number of amides is 1. The Morgan fingerprint density at radius 3 is 2.71 bits per heavy atom. The third-order valence-electron chi connectivity index (χ3n) is 4.40. The van der Waals surface area contributed by atoms with Crippen LogP contribution in [0.5, 0.6) is 0 Å². The minimum Gasteiger partial charge on any atom is -0.325 e. The molecule has 0 bridgehead atoms. The van der Waals surface area contributed by atoms with Gasteiger partial charge in [0.25, 0.3) is 0 Å². The quantitative estimate of drug-likeness (QED) is 0.577. The highest BCUT2D eigenvalue weighted by Crippen LogP contribution is 2.36. The molecule has 0 unspecified atom stereocenters. The molecule has 4 rings (SSSR count). The molecule has 0 atom stereocenters. The van der Waals surface area contributed by atoms with Gasteiger partial charge < -0.3 is 5.32 Å². The molecule has 1 aromatic heterocycles. The molecule has 6 nitrogen and oxygen atoms in total. The molecule has 0 spiro atoms. The van der Waals surface area contributed by atoms with Gasteiger partial charge in [-0.25, -0.2) is 4.68 Å². The lowest BCUT2D eigenvalue weighted by atomic mass is 10.2. The number of nitrogens with one attached hydrogen (secondary N) is 1. The number of aryl methyl sites for hydroxylation is 2. The van der Waals surface area contributed by atoms with Crippen LogP contribution in [0.3, 0.4) is 0 Å². The fourth-order valence-electron chi connectivity index (χ4n) is 2.71. The van der Waals surface area contributed by atoms with Crippen LogP contribution in [0, 0.1) is 13.8 Å². The van der Waals surface area contributed by atoms with Gasteiger partial charge in [0.05, 0.1) is 11.8 Å². The number of nitrogens with zero attached hydrogens (tertiary/aromatic N) is 4. The highest BCUT2D eigenvalue weighted by atomic mass is 32.2. The standard InChI is InChI=1S/C20H21N5OS2/c1-13-3-4-14(2)18(11-13)28-17-9-5-15(6-10-17)21-19(26)12-27-20-22-23-24-25(20)16-7-8-16/h3-6,9-11,16H,7-8,12H2,1-2H3,(H,21,26). The summed E-state index contributed by atoms with van der Waals surface area (Å²) in [5, 5.41) is 15.3. The fraction of sp³-hybridized carbons (Fsp3) is 0.300. The van der Waals surface area contributed by atoms with E-state index in [2.05, 4.69) is 52.9 Å². The zero-order valence-electron chi connectivity index (χ0n) is 15.8. The molecule has 1 amide bonds. The molecule has 8 heteroatoms. The number of aromatic nitrogens is 4. The predicted octanol–water partition coefficient (Wildman–Crippen LogP) is 4.51. The summed E-state index contributed by atoms with van der Waals surface area (Å²) in [6, 6.07) is 14.8. The molecular formula is C20H21N5OS2. The van der Waals surface area contributed by atoms with E-state index in [0.717, 1.165) is 23.4 Å². The van der Waals surface area contributed by atoms with Crippen molar-refractivity contribution >= 4 is 35.1 Å². The molecule has 1 aliphatic carbocycles. The van der Waals surface area contributed by atoms with Gasteiger partial charge in [0, 0.05) is 15.5 Å². The van der Waals surface area contributed by atoms with Crippen molar-refractivity contribution in [1.29, 1.82) is 0 Å². The van der Waals surface area contributed by atoms with Gasteiger partial charge in [-0.3, -0.25) is 4.79 Å². The van der Waals surface area contributed by atoms with E-state index in [1.165, 1.54) is 27.8 Å². The highest BCUT2D eigenvalue weighted by Gasteiger charge is 2.28. The number of hydrogen-bond donors (Lipinski definition) is 1. The van der Waals surface area contributed by atoms with Crippen LogP contribution >= 0.6 is 23.5 Å². The lowest BCUT2D eigenvalue weighted by Gasteiger charge is -2.09. The van der Waals surface area contributed by atoms with Gasteiger partial charge in [0.2, 0.25) is 11.1 Å². The Morgan fingerprint density at radius 1 is 1.18 bits per heavy atom. The van der Waals surface area contributed by atoms with Crippen molar-refractivity contribution in [2.45, 2.75) is 47.7 Å². The monoisotopic (exact) mass is 411 g/mol. The molecular weight excluding hydrogens is 390 g/mol. The van der Waals surface area contributed by atoms with Gasteiger partial charge in [-0.2, -0.15) is 0 Å². The van der Waals surface area contributed by atoms with Crippen LogP contribution in [0.1, 0.15) is 30.0 Å². The van der Waals surface area contributed by atoms with Crippen LogP contribution in [-0.4, -0.2) is 31.9 Å². The van der Waals surface area contributed by atoms with Crippen LogP contribution < -0.4 is 5.32 Å². The second-order valence-corrected chi connectivity index (χ2v) is 8.93. The van der Waals surface area contributed by atoms with E-state index >= 15 is 0 Å². The first-order valence-corrected chi connectivity index (χ1v) is 10.9. The van der Waals surface area contributed by atoms with Gasteiger partial charge in [-0.05, 0) is 78.6 Å². The van der Waals surface area contributed by atoms with E-state index in [1.807, 2.05) is 28.9 Å². The summed E-state index contributed by atoms with van der Waals surface area (Å²) >= 11 is 3.10. The van der Waals surface area contributed by atoms with Crippen molar-refractivity contribution in [3.8, 4) is 0 Å². The third-order valence-corrected chi connectivity index (χ3v) is 6.50. The first-order valence-electron chi connectivity index (χ1n) is 9.14. The minimum absolute atomic E-state index is 0.0646. The summed E-state index contributed by atoms with van der Waals surface area (Å²) in [4.78, 5) is 14.6. The molecule has 1 N–H and O–H groups in total. The third kappa shape index (κ3) is 4.74. The van der Waals surface area contributed by atoms with E-state index < -0.39 is 0 Å². The Hall–Kier alpha value is -2.32. The first kappa shape index (κ1) is 19.0. The molecule has 2 aromatic carbocycles. The van der Waals surface area contributed by atoms with Gasteiger partial charge >= 0.3 is 0 Å².